The third-order valence-electron chi connectivity index (χ3n) is 3.79. The van der Waals surface area contributed by atoms with Gasteiger partial charge in [0.25, 0.3) is 0 Å². The van der Waals surface area contributed by atoms with Gasteiger partial charge in [-0.15, -0.1) is 0 Å². The van der Waals surface area contributed by atoms with Crippen LogP contribution < -0.4 is 10.1 Å². The van der Waals surface area contributed by atoms with Gasteiger partial charge >= 0.3 is 0 Å². The molecule has 0 amide bonds. The molecule has 0 aromatic carbocycles. The molecule has 1 aromatic heterocycles. The van der Waals surface area contributed by atoms with Crippen LogP contribution in [0.2, 0.25) is 0 Å². The smallest absolute Gasteiger partial charge is 0.142 e. The van der Waals surface area contributed by atoms with Crippen molar-refractivity contribution in [3.05, 3.63) is 23.5 Å². The van der Waals surface area contributed by atoms with Gasteiger partial charge in [0.15, 0.2) is 0 Å². The molecular weight excluding hydrogens is 268 g/mol. The van der Waals surface area contributed by atoms with Crippen LogP contribution in [0.25, 0.3) is 0 Å². The molecule has 1 saturated carbocycles. The van der Waals surface area contributed by atoms with Crippen LogP contribution in [-0.2, 0) is 11.3 Å². The largest absolute Gasteiger partial charge is 0.486 e. The van der Waals surface area contributed by atoms with Crippen LogP contribution in [0.5, 0.6) is 5.75 Å². The molecule has 21 heavy (non-hydrogen) atoms. The Hall–Kier alpha value is -1.17. The van der Waals surface area contributed by atoms with Crippen LogP contribution in [0.3, 0.4) is 0 Å². The summed E-state index contributed by atoms with van der Waals surface area (Å²) in [6.45, 7) is 4.06. The van der Waals surface area contributed by atoms with E-state index in [0.29, 0.717) is 13.2 Å². The van der Waals surface area contributed by atoms with Gasteiger partial charge in [0, 0.05) is 25.9 Å². The van der Waals surface area contributed by atoms with Crippen molar-refractivity contribution in [3.63, 3.8) is 0 Å². The highest BCUT2D eigenvalue weighted by molar-refractivity contribution is 5.29. The minimum absolute atomic E-state index is 0.110. The summed E-state index contributed by atoms with van der Waals surface area (Å²) in [5.41, 5.74) is 1.86. The fourth-order valence-electron chi connectivity index (χ4n) is 2.59. The summed E-state index contributed by atoms with van der Waals surface area (Å²) < 4.78 is 11.0. The minimum atomic E-state index is -0.366. The molecule has 1 aliphatic carbocycles. The number of ether oxygens (including phenoxy) is 2. The van der Waals surface area contributed by atoms with E-state index in [0.717, 1.165) is 49.4 Å². The number of aliphatic hydroxyl groups excluding tert-OH is 1. The lowest BCUT2D eigenvalue weighted by Gasteiger charge is -2.28. The van der Waals surface area contributed by atoms with Crippen LogP contribution in [0.4, 0.5) is 0 Å². The summed E-state index contributed by atoms with van der Waals surface area (Å²) in [6.07, 6.45) is 3.45. The van der Waals surface area contributed by atoms with Gasteiger partial charge in [0.2, 0.25) is 0 Å². The van der Waals surface area contributed by atoms with Crippen molar-refractivity contribution in [1.82, 2.24) is 10.3 Å². The highest BCUT2D eigenvalue weighted by atomic mass is 16.5. The van der Waals surface area contributed by atoms with Crippen molar-refractivity contribution < 1.29 is 14.6 Å². The summed E-state index contributed by atoms with van der Waals surface area (Å²) in [5.74, 6) is 0.775. The maximum atomic E-state index is 10.0. The summed E-state index contributed by atoms with van der Waals surface area (Å²) >= 11 is 0. The Balaban J connectivity index is 2.00. The number of hydrogen-bond donors (Lipinski definition) is 2. The maximum absolute atomic E-state index is 10.0. The van der Waals surface area contributed by atoms with Crippen LogP contribution in [0, 0.1) is 6.92 Å². The molecule has 5 heteroatoms. The van der Waals surface area contributed by atoms with Gasteiger partial charge in [-0.25, -0.2) is 0 Å². The van der Waals surface area contributed by atoms with Gasteiger partial charge in [0.05, 0.1) is 18.4 Å². The number of nitrogens with one attached hydrogen (secondary N) is 1. The fourth-order valence-corrected chi connectivity index (χ4v) is 2.59. The monoisotopic (exact) mass is 294 g/mol. The van der Waals surface area contributed by atoms with E-state index in [4.69, 9.17) is 9.47 Å². The van der Waals surface area contributed by atoms with Gasteiger partial charge < -0.3 is 19.9 Å². The van der Waals surface area contributed by atoms with Crippen molar-refractivity contribution in [2.45, 2.75) is 51.4 Å². The van der Waals surface area contributed by atoms with E-state index < -0.39 is 0 Å². The Morgan fingerprint density at radius 2 is 2.14 bits per heavy atom. The fraction of sp³-hybridized carbons (Fsp3) is 0.688. The molecular formula is C16H26N2O3. The molecule has 2 unspecified atom stereocenters. The van der Waals surface area contributed by atoms with E-state index >= 15 is 0 Å². The number of rotatable bonds is 7. The van der Waals surface area contributed by atoms with Gasteiger partial charge in [-0.3, -0.25) is 4.98 Å². The average Bonchev–Trinajstić information content (AvgIpc) is 2.48. The number of methoxy groups -OCH3 is 1. The quantitative estimate of drug-likeness (QED) is 0.751. The maximum Gasteiger partial charge on any atom is 0.142 e. The molecule has 2 N–H and O–H groups in total. The Morgan fingerprint density at radius 1 is 1.33 bits per heavy atom. The molecule has 1 fully saturated rings. The van der Waals surface area contributed by atoms with Crippen molar-refractivity contribution in [2.24, 2.45) is 0 Å². The number of aliphatic hydroxyl groups is 1. The summed E-state index contributed by atoms with van der Waals surface area (Å²) in [4.78, 5) is 4.55. The molecule has 0 bridgehead atoms. The number of hydrogen-bond acceptors (Lipinski definition) is 5. The van der Waals surface area contributed by atoms with Crippen LogP contribution >= 0.6 is 0 Å². The van der Waals surface area contributed by atoms with E-state index in [1.54, 1.807) is 7.11 Å². The van der Waals surface area contributed by atoms with Crippen molar-refractivity contribution in [2.75, 3.05) is 20.3 Å². The molecule has 0 radical (unpaired) electrons. The predicted octanol–water partition coefficient (Wildman–Crippen LogP) is 1.81. The molecule has 0 aliphatic heterocycles. The minimum Gasteiger partial charge on any atom is -0.486 e. The Kier molecular flexibility index (Phi) is 6.42. The Labute approximate surface area is 126 Å². The molecule has 0 saturated heterocycles. The Morgan fingerprint density at radius 3 is 2.90 bits per heavy atom. The molecule has 1 aromatic rings. The van der Waals surface area contributed by atoms with Gasteiger partial charge in [-0.05, 0) is 38.3 Å². The summed E-state index contributed by atoms with van der Waals surface area (Å²) in [6, 6.07) is 3.90. The first-order valence-corrected chi connectivity index (χ1v) is 7.71. The first-order valence-electron chi connectivity index (χ1n) is 7.71. The molecule has 2 rings (SSSR count). The summed E-state index contributed by atoms with van der Waals surface area (Å²) in [5, 5.41) is 13.3. The topological polar surface area (TPSA) is 63.6 Å². The second-order valence-electron chi connectivity index (χ2n) is 5.58. The normalized spacial score (nSPS) is 22.2. The lowest BCUT2D eigenvalue weighted by atomic mass is 9.95. The number of aromatic nitrogens is 1. The van der Waals surface area contributed by atoms with Crippen LogP contribution in [0.1, 0.15) is 37.1 Å². The second kappa shape index (κ2) is 8.32. The lowest BCUT2D eigenvalue weighted by molar-refractivity contribution is 0.00610. The zero-order valence-corrected chi connectivity index (χ0v) is 13.0. The Bertz CT molecular complexity index is 440. The molecule has 0 spiro atoms. The molecule has 1 aliphatic rings. The van der Waals surface area contributed by atoms with E-state index in [2.05, 4.69) is 10.3 Å². The van der Waals surface area contributed by atoms with E-state index in [1.807, 2.05) is 19.1 Å². The van der Waals surface area contributed by atoms with Gasteiger partial charge in [0.1, 0.15) is 11.9 Å². The highest BCUT2D eigenvalue weighted by Gasteiger charge is 2.25. The van der Waals surface area contributed by atoms with E-state index in [1.165, 1.54) is 0 Å². The lowest BCUT2D eigenvalue weighted by Crippen LogP contribution is -2.35. The highest BCUT2D eigenvalue weighted by Crippen LogP contribution is 2.26. The van der Waals surface area contributed by atoms with Crippen molar-refractivity contribution >= 4 is 0 Å². The van der Waals surface area contributed by atoms with Gasteiger partial charge in [-0.1, -0.05) is 6.42 Å². The third kappa shape index (κ3) is 4.95. The van der Waals surface area contributed by atoms with Crippen LogP contribution in [-0.4, -0.2) is 42.6 Å². The zero-order chi connectivity index (χ0) is 15.1. The summed E-state index contributed by atoms with van der Waals surface area (Å²) in [7, 11) is 1.69. The standard InChI is InChI=1S/C16H26N2O3/c1-12-7-8-15(13(18-12)11-17-9-10-20-2)21-16-6-4-3-5-14(16)19/h7-8,14,16-17,19H,3-6,9-11H2,1-2H3. The average molecular weight is 294 g/mol. The predicted molar refractivity (Wildman–Crippen MR) is 81.4 cm³/mol. The molecule has 118 valence electrons. The zero-order valence-electron chi connectivity index (χ0n) is 13.0. The molecule has 1 heterocycles. The van der Waals surface area contributed by atoms with Gasteiger partial charge in [-0.2, -0.15) is 0 Å². The van der Waals surface area contributed by atoms with E-state index in [-0.39, 0.29) is 12.2 Å². The number of pyridine rings is 1. The molecule has 2 atom stereocenters. The molecule has 5 nitrogen and oxygen atoms in total. The van der Waals surface area contributed by atoms with Crippen molar-refractivity contribution in [1.29, 1.82) is 0 Å². The number of aryl methyl sites for hydroxylation is 1. The first kappa shape index (κ1) is 16.2. The van der Waals surface area contributed by atoms with Crippen molar-refractivity contribution in [3.8, 4) is 5.75 Å². The first-order chi connectivity index (χ1) is 10.2. The third-order valence-corrected chi connectivity index (χ3v) is 3.79. The van der Waals surface area contributed by atoms with E-state index in [9.17, 15) is 5.11 Å². The second-order valence-corrected chi connectivity index (χ2v) is 5.58. The SMILES string of the molecule is COCCNCc1nc(C)ccc1OC1CCCCC1O. The number of nitrogens with zero attached hydrogens (tertiary/aromatic N) is 1. The van der Waals surface area contributed by atoms with Crippen LogP contribution in [0.15, 0.2) is 12.1 Å².